The van der Waals surface area contributed by atoms with Crippen molar-refractivity contribution in [2.45, 2.75) is 26.8 Å². The van der Waals surface area contributed by atoms with Gasteiger partial charge >= 0.3 is 0 Å². The van der Waals surface area contributed by atoms with Crippen LogP contribution in [0.25, 0.3) is 0 Å². The van der Waals surface area contributed by atoms with Crippen LogP contribution in [-0.2, 0) is 4.79 Å². The lowest BCUT2D eigenvalue weighted by Crippen LogP contribution is -2.34. The van der Waals surface area contributed by atoms with E-state index in [9.17, 15) is 9.59 Å². The van der Waals surface area contributed by atoms with Crippen LogP contribution in [0, 0.1) is 5.92 Å². The van der Waals surface area contributed by atoms with Gasteiger partial charge in [0.15, 0.2) is 0 Å². The fourth-order valence-electron chi connectivity index (χ4n) is 1.78. The summed E-state index contributed by atoms with van der Waals surface area (Å²) in [5, 5.41) is 2.80. The molecular weight excluding hydrogens is 318 g/mol. The maximum absolute atomic E-state index is 12.1. The molecule has 2 unspecified atom stereocenters. The van der Waals surface area contributed by atoms with E-state index in [-0.39, 0.29) is 36.2 Å². The second-order valence-electron chi connectivity index (χ2n) is 5.48. The van der Waals surface area contributed by atoms with Crippen molar-refractivity contribution >= 4 is 29.9 Å². The number of nitrogens with one attached hydrogen (secondary N) is 1. The van der Waals surface area contributed by atoms with E-state index < -0.39 is 0 Å². The van der Waals surface area contributed by atoms with E-state index in [0.29, 0.717) is 23.6 Å². The Kier molecular flexibility index (Phi) is 8.64. The molecule has 3 N–H and O–H groups in total. The van der Waals surface area contributed by atoms with Crippen LogP contribution in [0.4, 0.5) is 5.69 Å². The molecule has 1 aromatic rings. The first kappa shape index (κ1) is 21.2. The number of benzene rings is 1. The summed E-state index contributed by atoms with van der Waals surface area (Å²) >= 11 is 0. The molecule has 0 aromatic heterocycles. The first-order valence-corrected chi connectivity index (χ1v) is 7.32. The first-order valence-electron chi connectivity index (χ1n) is 7.32. The zero-order valence-electron chi connectivity index (χ0n) is 14.3. The number of carbonyl (C=O) groups excluding carboxylic acids is 2. The van der Waals surface area contributed by atoms with Crippen LogP contribution in [0.15, 0.2) is 18.2 Å². The maximum atomic E-state index is 12.1. The van der Waals surface area contributed by atoms with Crippen molar-refractivity contribution in [1.82, 2.24) is 4.90 Å². The molecule has 0 spiro atoms. The minimum atomic E-state index is -0.322. The Morgan fingerprint density at radius 3 is 2.39 bits per heavy atom. The SMILES string of the molecule is CCOc1cc(C(=O)N(C)C)ccc1NC(=O)C(C)C(C)N.Cl. The average molecular weight is 344 g/mol. The van der Waals surface area contributed by atoms with Gasteiger partial charge in [-0.05, 0) is 32.0 Å². The Bertz CT molecular complexity index is 547. The van der Waals surface area contributed by atoms with Crippen LogP contribution < -0.4 is 15.8 Å². The number of halogens is 1. The van der Waals surface area contributed by atoms with Gasteiger partial charge in [-0.25, -0.2) is 0 Å². The molecule has 0 saturated carbocycles. The topological polar surface area (TPSA) is 84.7 Å². The summed E-state index contributed by atoms with van der Waals surface area (Å²) in [6.45, 7) is 5.83. The first-order chi connectivity index (χ1) is 10.3. The van der Waals surface area contributed by atoms with Gasteiger partial charge in [-0.1, -0.05) is 6.92 Å². The monoisotopic (exact) mass is 343 g/mol. The van der Waals surface area contributed by atoms with Crippen molar-refractivity contribution in [2.75, 3.05) is 26.0 Å². The molecule has 0 bridgehead atoms. The average Bonchev–Trinajstić information content (AvgIpc) is 2.47. The molecule has 1 rings (SSSR count). The number of hydrogen-bond donors (Lipinski definition) is 2. The lowest BCUT2D eigenvalue weighted by molar-refractivity contribution is -0.119. The Balaban J connectivity index is 0.00000484. The van der Waals surface area contributed by atoms with E-state index in [4.69, 9.17) is 10.5 Å². The summed E-state index contributed by atoms with van der Waals surface area (Å²) in [7, 11) is 3.37. The van der Waals surface area contributed by atoms with E-state index >= 15 is 0 Å². The fourth-order valence-corrected chi connectivity index (χ4v) is 1.78. The molecule has 0 fully saturated rings. The van der Waals surface area contributed by atoms with Crippen LogP contribution in [0.1, 0.15) is 31.1 Å². The summed E-state index contributed by atoms with van der Waals surface area (Å²) in [6.07, 6.45) is 0. The predicted octanol–water partition coefficient (Wildman–Crippen LogP) is 2.13. The minimum Gasteiger partial charge on any atom is -0.492 e. The molecule has 7 heteroatoms. The third-order valence-electron chi connectivity index (χ3n) is 3.39. The largest absolute Gasteiger partial charge is 0.492 e. The van der Waals surface area contributed by atoms with Gasteiger partial charge in [-0.3, -0.25) is 9.59 Å². The highest BCUT2D eigenvalue weighted by molar-refractivity contribution is 5.97. The molecule has 0 aliphatic heterocycles. The zero-order valence-corrected chi connectivity index (χ0v) is 15.1. The molecule has 2 amide bonds. The highest BCUT2D eigenvalue weighted by Crippen LogP contribution is 2.27. The number of nitrogens with zero attached hydrogens (tertiary/aromatic N) is 1. The van der Waals surface area contributed by atoms with Crippen molar-refractivity contribution in [1.29, 1.82) is 0 Å². The van der Waals surface area contributed by atoms with Crippen LogP contribution >= 0.6 is 12.4 Å². The van der Waals surface area contributed by atoms with Crippen LogP contribution in [0.5, 0.6) is 5.75 Å². The fraction of sp³-hybridized carbons (Fsp3) is 0.500. The number of hydrogen-bond acceptors (Lipinski definition) is 4. The quantitative estimate of drug-likeness (QED) is 0.828. The van der Waals surface area contributed by atoms with Gasteiger partial charge in [0.2, 0.25) is 5.91 Å². The molecule has 0 aliphatic rings. The van der Waals surface area contributed by atoms with Gasteiger partial charge in [0, 0.05) is 25.7 Å². The van der Waals surface area contributed by atoms with E-state index in [1.807, 2.05) is 6.92 Å². The summed E-state index contributed by atoms with van der Waals surface area (Å²) in [4.78, 5) is 25.6. The molecule has 6 nitrogen and oxygen atoms in total. The van der Waals surface area contributed by atoms with Crippen molar-refractivity contribution in [3.63, 3.8) is 0 Å². The smallest absolute Gasteiger partial charge is 0.253 e. The van der Waals surface area contributed by atoms with Gasteiger partial charge in [-0.15, -0.1) is 12.4 Å². The second-order valence-corrected chi connectivity index (χ2v) is 5.48. The lowest BCUT2D eigenvalue weighted by atomic mass is 10.0. The van der Waals surface area contributed by atoms with E-state index in [1.165, 1.54) is 4.90 Å². The van der Waals surface area contributed by atoms with Gasteiger partial charge < -0.3 is 20.7 Å². The standard InChI is InChI=1S/C16H25N3O3.ClH/c1-6-22-14-9-12(16(21)19(4)5)7-8-13(14)18-15(20)10(2)11(3)17;/h7-11H,6,17H2,1-5H3,(H,18,20);1H. The Labute approximate surface area is 143 Å². The summed E-state index contributed by atoms with van der Waals surface area (Å²) in [5.41, 5.74) is 6.79. The molecule has 130 valence electrons. The molecule has 0 heterocycles. The number of rotatable bonds is 6. The number of ether oxygens (including phenoxy) is 1. The van der Waals surface area contributed by atoms with Gasteiger partial charge in [0.25, 0.3) is 5.91 Å². The molecule has 0 aliphatic carbocycles. The Morgan fingerprint density at radius 2 is 1.91 bits per heavy atom. The lowest BCUT2D eigenvalue weighted by Gasteiger charge is -2.18. The van der Waals surface area contributed by atoms with E-state index in [0.717, 1.165) is 0 Å². The van der Waals surface area contributed by atoms with Crippen molar-refractivity contribution < 1.29 is 14.3 Å². The van der Waals surface area contributed by atoms with E-state index in [2.05, 4.69) is 5.32 Å². The van der Waals surface area contributed by atoms with E-state index in [1.54, 1.807) is 46.1 Å². The summed E-state index contributed by atoms with van der Waals surface area (Å²) in [5.74, 6) is -0.150. The molecular formula is C16H26ClN3O3. The van der Waals surface area contributed by atoms with Gasteiger partial charge in [0.1, 0.15) is 5.75 Å². The number of amides is 2. The van der Waals surface area contributed by atoms with Crippen molar-refractivity contribution in [2.24, 2.45) is 11.7 Å². The third kappa shape index (κ3) is 5.73. The highest BCUT2D eigenvalue weighted by atomic mass is 35.5. The zero-order chi connectivity index (χ0) is 16.9. The minimum absolute atomic E-state index is 0. The molecule has 2 atom stereocenters. The maximum Gasteiger partial charge on any atom is 0.253 e. The van der Waals surface area contributed by atoms with Gasteiger partial charge in [0.05, 0.1) is 18.2 Å². The number of carbonyl (C=O) groups is 2. The molecule has 0 saturated heterocycles. The summed E-state index contributed by atoms with van der Waals surface area (Å²) in [6, 6.07) is 4.73. The summed E-state index contributed by atoms with van der Waals surface area (Å²) < 4.78 is 5.53. The highest BCUT2D eigenvalue weighted by Gasteiger charge is 2.19. The van der Waals surface area contributed by atoms with Crippen LogP contribution in [-0.4, -0.2) is 43.5 Å². The van der Waals surface area contributed by atoms with Gasteiger partial charge in [-0.2, -0.15) is 0 Å². The Morgan fingerprint density at radius 1 is 1.30 bits per heavy atom. The normalized spacial score (nSPS) is 12.6. The van der Waals surface area contributed by atoms with Crippen molar-refractivity contribution in [3.8, 4) is 5.75 Å². The Hall–Kier alpha value is -1.79. The van der Waals surface area contributed by atoms with Crippen molar-refractivity contribution in [3.05, 3.63) is 23.8 Å². The van der Waals surface area contributed by atoms with Crippen LogP contribution in [0.2, 0.25) is 0 Å². The van der Waals surface area contributed by atoms with Crippen LogP contribution in [0.3, 0.4) is 0 Å². The predicted molar refractivity (Wildman–Crippen MR) is 94.3 cm³/mol. The number of anilines is 1. The second kappa shape index (κ2) is 9.37. The molecule has 1 aromatic carbocycles. The molecule has 23 heavy (non-hydrogen) atoms. The molecule has 0 radical (unpaired) electrons. The third-order valence-corrected chi connectivity index (χ3v) is 3.39. The number of nitrogens with two attached hydrogens (primary N) is 1.